The van der Waals surface area contributed by atoms with Gasteiger partial charge in [0.1, 0.15) is 18.2 Å². The second kappa shape index (κ2) is 4.69. The van der Waals surface area contributed by atoms with Crippen molar-refractivity contribution in [1.29, 1.82) is 0 Å². The van der Waals surface area contributed by atoms with Gasteiger partial charge < -0.3 is 5.32 Å². The minimum Gasteiger partial charge on any atom is -0.358 e. The monoisotopic (exact) mass is 234 g/mol. The third-order valence-electron chi connectivity index (χ3n) is 2.42. The number of anilines is 1. The number of nitrogens with one attached hydrogen (secondary N) is 2. The average molecular weight is 234 g/mol. The summed E-state index contributed by atoms with van der Waals surface area (Å²) >= 11 is 0. The predicted molar refractivity (Wildman–Crippen MR) is 57.2 cm³/mol. The van der Waals surface area contributed by atoms with Crippen molar-refractivity contribution in [2.45, 2.75) is 18.9 Å². The molecule has 1 unspecified atom stereocenters. The largest absolute Gasteiger partial charge is 0.358 e. The van der Waals surface area contributed by atoms with Crippen molar-refractivity contribution in [3.63, 3.8) is 0 Å². The van der Waals surface area contributed by atoms with Gasteiger partial charge in [-0.2, -0.15) is 0 Å². The van der Waals surface area contributed by atoms with Crippen LogP contribution in [0.15, 0.2) is 12.5 Å². The summed E-state index contributed by atoms with van der Waals surface area (Å²) in [5, 5.41) is 5.04. The van der Waals surface area contributed by atoms with Crippen LogP contribution < -0.4 is 10.6 Å². The smallest absolute Gasteiger partial charge is 0.249 e. The molecular weight excluding hydrogens is 224 g/mol. The van der Waals surface area contributed by atoms with Gasteiger partial charge in [0.15, 0.2) is 6.29 Å². The number of carbonyl (C=O) groups excluding carboxylic acids is 3. The number of hydrogen-bond donors (Lipinski definition) is 2. The summed E-state index contributed by atoms with van der Waals surface area (Å²) in [6.45, 7) is 0. The molecule has 17 heavy (non-hydrogen) atoms. The van der Waals surface area contributed by atoms with E-state index in [1.165, 1.54) is 12.5 Å². The Morgan fingerprint density at radius 1 is 1.47 bits per heavy atom. The lowest BCUT2D eigenvalue weighted by atomic mass is 10.1. The second-order valence-electron chi connectivity index (χ2n) is 3.59. The molecule has 0 aromatic carbocycles. The number of aromatic nitrogens is 2. The summed E-state index contributed by atoms with van der Waals surface area (Å²) in [6.07, 6.45) is 3.89. The van der Waals surface area contributed by atoms with Gasteiger partial charge in [0, 0.05) is 12.6 Å². The van der Waals surface area contributed by atoms with E-state index < -0.39 is 11.9 Å². The normalized spacial score (nSPS) is 19.6. The van der Waals surface area contributed by atoms with Crippen molar-refractivity contribution in [1.82, 2.24) is 15.3 Å². The van der Waals surface area contributed by atoms with E-state index in [9.17, 15) is 14.4 Å². The zero-order valence-corrected chi connectivity index (χ0v) is 8.84. The van der Waals surface area contributed by atoms with E-state index in [2.05, 4.69) is 20.6 Å². The van der Waals surface area contributed by atoms with Gasteiger partial charge in [-0.05, 0) is 6.42 Å². The minimum atomic E-state index is -0.554. The molecule has 1 fully saturated rings. The minimum absolute atomic E-state index is 0.269. The molecule has 1 aliphatic heterocycles. The van der Waals surface area contributed by atoms with Crippen molar-refractivity contribution in [2.24, 2.45) is 0 Å². The standard InChI is InChI=1S/C10H10N4O3/c15-4-6-3-11-5-12-9(6)13-7-1-2-8(16)14-10(7)17/h3-5,7H,1-2H2,(H,11,12,13)(H,14,16,17). The molecule has 2 N–H and O–H groups in total. The number of hydrogen-bond acceptors (Lipinski definition) is 6. The first-order valence-electron chi connectivity index (χ1n) is 5.06. The Hall–Kier alpha value is -2.31. The summed E-state index contributed by atoms with van der Waals surface area (Å²) < 4.78 is 0. The predicted octanol–water partition coefficient (Wildman–Crippen LogP) is -0.494. The number of amides is 2. The van der Waals surface area contributed by atoms with E-state index in [4.69, 9.17) is 0 Å². The van der Waals surface area contributed by atoms with Crippen molar-refractivity contribution < 1.29 is 14.4 Å². The summed E-state index contributed by atoms with van der Waals surface area (Å²) in [4.78, 5) is 40.7. The molecule has 88 valence electrons. The number of piperidine rings is 1. The van der Waals surface area contributed by atoms with Crippen molar-refractivity contribution in [3.8, 4) is 0 Å². The van der Waals surface area contributed by atoms with Gasteiger partial charge in [0.05, 0.1) is 5.56 Å². The van der Waals surface area contributed by atoms with E-state index in [1.54, 1.807) is 0 Å². The van der Waals surface area contributed by atoms with Gasteiger partial charge in [0.2, 0.25) is 11.8 Å². The molecule has 0 saturated carbocycles. The maximum absolute atomic E-state index is 11.5. The topological polar surface area (TPSA) is 101 Å². The van der Waals surface area contributed by atoms with Crippen LogP contribution in [0, 0.1) is 0 Å². The maximum atomic E-state index is 11.5. The van der Waals surface area contributed by atoms with Crippen LogP contribution in [0.2, 0.25) is 0 Å². The Morgan fingerprint density at radius 3 is 3.00 bits per heavy atom. The number of aldehydes is 1. The molecule has 1 saturated heterocycles. The molecule has 0 radical (unpaired) electrons. The molecule has 2 rings (SSSR count). The van der Waals surface area contributed by atoms with E-state index in [1.807, 2.05) is 0 Å². The van der Waals surface area contributed by atoms with Crippen LogP contribution in [-0.4, -0.2) is 34.1 Å². The SMILES string of the molecule is O=Cc1cncnc1NC1CCC(=O)NC1=O. The first-order chi connectivity index (χ1) is 8.20. The first-order valence-corrected chi connectivity index (χ1v) is 5.06. The number of imide groups is 1. The fourth-order valence-corrected chi connectivity index (χ4v) is 1.54. The highest BCUT2D eigenvalue weighted by Gasteiger charge is 2.27. The summed E-state index contributed by atoms with van der Waals surface area (Å²) in [7, 11) is 0. The van der Waals surface area contributed by atoms with Gasteiger partial charge in [-0.15, -0.1) is 0 Å². The van der Waals surface area contributed by atoms with E-state index in [0.29, 0.717) is 18.5 Å². The van der Waals surface area contributed by atoms with Crippen LogP contribution in [0.3, 0.4) is 0 Å². The molecule has 2 heterocycles. The highest BCUT2D eigenvalue weighted by atomic mass is 16.2. The first kappa shape index (κ1) is 11.2. The Bertz CT molecular complexity index is 474. The summed E-state index contributed by atoms with van der Waals surface area (Å²) in [5.74, 6) is -0.396. The Morgan fingerprint density at radius 2 is 2.29 bits per heavy atom. The van der Waals surface area contributed by atoms with Gasteiger partial charge in [-0.3, -0.25) is 19.7 Å². The van der Waals surface area contributed by atoms with Crippen molar-refractivity contribution >= 4 is 23.9 Å². The van der Waals surface area contributed by atoms with Crippen molar-refractivity contribution in [3.05, 3.63) is 18.1 Å². The van der Waals surface area contributed by atoms with Gasteiger partial charge >= 0.3 is 0 Å². The molecule has 0 bridgehead atoms. The molecule has 0 spiro atoms. The quantitative estimate of drug-likeness (QED) is 0.540. The van der Waals surface area contributed by atoms with E-state index in [0.717, 1.165) is 0 Å². The van der Waals surface area contributed by atoms with E-state index >= 15 is 0 Å². The maximum Gasteiger partial charge on any atom is 0.249 e. The second-order valence-corrected chi connectivity index (χ2v) is 3.59. The lowest BCUT2D eigenvalue weighted by Gasteiger charge is -2.22. The van der Waals surface area contributed by atoms with Crippen LogP contribution in [0.25, 0.3) is 0 Å². The fourth-order valence-electron chi connectivity index (χ4n) is 1.54. The third-order valence-corrected chi connectivity index (χ3v) is 2.42. The molecule has 2 amide bonds. The van der Waals surface area contributed by atoms with Crippen LogP contribution in [0.4, 0.5) is 5.82 Å². The number of rotatable bonds is 3. The van der Waals surface area contributed by atoms with Crippen LogP contribution in [0.5, 0.6) is 0 Å². The highest BCUT2D eigenvalue weighted by Crippen LogP contribution is 2.13. The summed E-state index contributed by atoms with van der Waals surface area (Å²) in [6, 6.07) is -0.554. The highest BCUT2D eigenvalue weighted by molar-refractivity contribution is 6.01. The zero-order chi connectivity index (χ0) is 12.3. The van der Waals surface area contributed by atoms with Crippen LogP contribution in [0.1, 0.15) is 23.2 Å². The molecular formula is C10H10N4O3. The number of nitrogens with zero attached hydrogens (tertiary/aromatic N) is 2. The Labute approximate surface area is 96.6 Å². The zero-order valence-electron chi connectivity index (χ0n) is 8.84. The molecule has 1 aliphatic rings. The molecule has 1 aromatic heterocycles. The average Bonchev–Trinajstić information content (AvgIpc) is 2.33. The molecule has 7 heteroatoms. The van der Waals surface area contributed by atoms with Crippen LogP contribution in [-0.2, 0) is 9.59 Å². The number of carbonyl (C=O) groups is 3. The lowest BCUT2D eigenvalue weighted by molar-refractivity contribution is -0.133. The molecule has 1 aromatic rings. The van der Waals surface area contributed by atoms with Crippen LogP contribution >= 0.6 is 0 Å². The Balaban J connectivity index is 2.13. The van der Waals surface area contributed by atoms with E-state index in [-0.39, 0.29) is 17.9 Å². The van der Waals surface area contributed by atoms with Gasteiger partial charge in [-0.1, -0.05) is 0 Å². The molecule has 7 nitrogen and oxygen atoms in total. The third kappa shape index (κ3) is 2.44. The van der Waals surface area contributed by atoms with Gasteiger partial charge in [0.25, 0.3) is 0 Å². The lowest BCUT2D eigenvalue weighted by Crippen LogP contribution is -2.47. The molecule has 1 atom stereocenters. The fraction of sp³-hybridized carbons (Fsp3) is 0.300. The molecule has 0 aliphatic carbocycles. The summed E-state index contributed by atoms with van der Waals surface area (Å²) in [5.41, 5.74) is 0.275. The van der Waals surface area contributed by atoms with Gasteiger partial charge in [-0.25, -0.2) is 9.97 Å². The van der Waals surface area contributed by atoms with Crippen molar-refractivity contribution in [2.75, 3.05) is 5.32 Å². The Kier molecular flexibility index (Phi) is 3.08.